The Morgan fingerprint density at radius 2 is 2.13 bits per heavy atom. The molecular weight excluding hydrogens is 398 g/mol. The number of nitrogens with zero attached hydrogens (tertiary/aromatic N) is 1. The van der Waals surface area contributed by atoms with Gasteiger partial charge < -0.3 is 15.4 Å². The lowest BCUT2D eigenvalue weighted by Crippen LogP contribution is -2.37. The van der Waals surface area contributed by atoms with Crippen molar-refractivity contribution in [3.63, 3.8) is 0 Å². The third-order valence-electron chi connectivity index (χ3n) is 4.53. The third kappa shape index (κ3) is 6.82. The summed E-state index contributed by atoms with van der Waals surface area (Å²) in [5.74, 6) is -0.294. The highest BCUT2D eigenvalue weighted by molar-refractivity contribution is 8.02. The number of hydrogen-bond acceptors (Lipinski definition) is 6. The first-order valence-electron chi connectivity index (χ1n) is 9.80. The molecule has 1 saturated heterocycles. The summed E-state index contributed by atoms with van der Waals surface area (Å²) in [6.45, 7) is 4.45. The van der Waals surface area contributed by atoms with Crippen LogP contribution in [0, 0.1) is 17.2 Å². The molecule has 6 nitrogen and oxygen atoms in total. The Kier molecular flexibility index (Phi) is 9.23. The zero-order chi connectivity index (χ0) is 21.9. The fourth-order valence-electron chi connectivity index (χ4n) is 2.90. The lowest BCUT2D eigenvalue weighted by Gasteiger charge is -2.12. The maximum absolute atomic E-state index is 12.3. The molecule has 1 fully saturated rings. The van der Waals surface area contributed by atoms with Crippen molar-refractivity contribution in [2.75, 3.05) is 18.2 Å². The number of carbonyl (C=O) groups is 2. The molecule has 1 heterocycles. The molecule has 158 valence electrons. The van der Waals surface area contributed by atoms with E-state index in [9.17, 15) is 14.9 Å². The van der Waals surface area contributed by atoms with E-state index in [1.54, 1.807) is 24.3 Å². The minimum absolute atomic E-state index is 0.318. The summed E-state index contributed by atoms with van der Waals surface area (Å²) in [7, 11) is 0. The van der Waals surface area contributed by atoms with Gasteiger partial charge in [-0.25, -0.2) is 4.79 Å². The Morgan fingerprint density at radius 3 is 2.70 bits per heavy atom. The van der Waals surface area contributed by atoms with Crippen LogP contribution in [0.2, 0.25) is 0 Å². The first-order valence-corrected chi connectivity index (χ1v) is 11.0. The van der Waals surface area contributed by atoms with E-state index in [-0.39, 0.29) is 5.91 Å². The highest BCUT2D eigenvalue weighted by atomic mass is 32.2. The zero-order valence-corrected chi connectivity index (χ0v) is 18.3. The molecule has 0 saturated carbocycles. The van der Waals surface area contributed by atoms with E-state index in [4.69, 9.17) is 4.74 Å². The molecule has 2 N–H and O–H groups in total. The van der Waals surface area contributed by atoms with Crippen LogP contribution in [0.3, 0.4) is 0 Å². The summed E-state index contributed by atoms with van der Waals surface area (Å²) in [6.07, 6.45) is 11.2. The number of carbonyl (C=O) groups excluding carboxylic acids is 2. The molecule has 30 heavy (non-hydrogen) atoms. The van der Waals surface area contributed by atoms with Gasteiger partial charge in [-0.2, -0.15) is 5.26 Å². The summed E-state index contributed by atoms with van der Waals surface area (Å²) in [6, 6.07) is 8.55. The molecule has 2 unspecified atom stereocenters. The van der Waals surface area contributed by atoms with E-state index in [0.717, 1.165) is 17.1 Å². The molecule has 1 amide bonds. The number of anilines is 1. The molecule has 7 heteroatoms. The average Bonchev–Trinajstić information content (AvgIpc) is 3.14. The van der Waals surface area contributed by atoms with Crippen molar-refractivity contribution >= 4 is 29.3 Å². The van der Waals surface area contributed by atoms with E-state index in [1.807, 2.05) is 31.4 Å². The summed E-state index contributed by atoms with van der Waals surface area (Å²) >= 11 is 1.45. The number of allylic oxidation sites excluding steroid dienone is 5. The van der Waals surface area contributed by atoms with Crippen LogP contribution < -0.4 is 10.6 Å². The fraction of sp³-hybridized carbons (Fsp3) is 0.348. The van der Waals surface area contributed by atoms with Crippen molar-refractivity contribution in [1.29, 1.82) is 5.26 Å². The molecule has 0 aromatic heterocycles. The number of hydrogen-bond donors (Lipinski definition) is 2. The molecular formula is C23H27N3O3S. The van der Waals surface area contributed by atoms with E-state index < -0.39 is 12.0 Å². The maximum Gasteiger partial charge on any atom is 0.328 e. The number of esters is 1. The standard InChI is InChI=1S/C23H27N3O3S/c1-4-6-16(2)7-5-8-18(15-24)22(30-3)25-19-11-9-17(10-12-19)21(27)26-20-13-14-29-23(20)28/h4-6,8-12,16,20,25H,7,13-14H2,1-3H3,(H,26,27)/b6-4-,8-5+,22-18+. The number of nitriles is 1. The van der Waals surface area contributed by atoms with Gasteiger partial charge in [0.15, 0.2) is 0 Å². The lowest BCUT2D eigenvalue weighted by atomic mass is 10.1. The van der Waals surface area contributed by atoms with Crippen LogP contribution in [0.5, 0.6) is 0 Å². The Morgan fingerprint density at radius 1 is 1.40 bits per heavy atom. The van der Waals surface area contributed by atoms with Gasteiger partial charge in [-0.15, -0.1) is 11.8 Å². The van der Waals surface area contributed by atoms with Gasteiger partial charge in [-0.1, -0.05) is 25.2 Å². The van der Waals surface area contributed by atoms with Gasteiger partial charge in [0, 0.05) is 17.7 Å². The highest BCUT2D eigenvalue weighted by Crippen LogP contribution is 2.22. The quantitative estimate of drug-likeness (QED) is 0.264. The molecule has 0 bridgehead atoms. The van der Waals surface area contributed by atoms with Gasteiger partial charge in [-0.3, -0.25) is 4.79 Å². The second-order valence-electron chi connectivity index (χ2n) is 6.88. The normalized spacial score (nSPS) is 18.1. The number of rotatable bonds is 9. The van der Waals surface area contributed by atoms with E-state index in [2.05, 4.69) is 29.7 Å². The number of thioether (sulfide) groups is 1. The molecule has 0 aliphatic carbocycles. The summed E-state index contributed by atoms with van der Waals surface area (Å²) < 4.78 is 4.86. The smallest absolute Gasteiger partial charge is 0.328 e. The number of ether oxygens (including phenoxy) is 1. The molecule has 2 atom stereocenters. The highest BCUT2D eigenvalue weighted by Gasteiger charge is 2.28. The van der Waals surface area contributed by atoms with Crippen LogP contribution in [0.1, 0.15) is 37.0 Å². The Bertz CT molecular complexity index is 882. The van der Waals surface area contributed by atoms with Gasteiger partial charge in [-0.05, 0) is 55.9 Å². The second kappa shape index (κ2) is 11.9. The van der Waals surface area contributed by atoms with Crippen LogP contribution in [-0.2, 0) is 9.53 Å². The number of cyclic esters (lactones) is 1. The van der Waals surface area contributed by atoms with Crippen LogP contribution in [0.15, 0.2) is 59.2 Å². The largest absolute Gasteiger partial charge is 0.464 e. The van der Waals surface area contributed by atoms with Crippen molar-refractivity contribution < 1.29 is 14.3 Å². The fourth-order valence-corrected chi connectivity index (χ4v) is 3.46. The molecule has 0 spiro atoms. The molecule has 1 aliphatic rings. The summed E-state index contributed by atoms with van der Waals surface area (Å²) in [5, 5.41) is 16.2. The minimum atomic E-state index is -0.582. The zero-order valence-electron chi connectivity index (χ0n) is 17.5. The van der Waals surface area contributed by atoms with Crippen LogP contribution in [0.25, 0.3) is 0 Å². The van der Waals surface area contributed by atoms with Gasteiger partial charge in [0.1, 0.15) is 12.1 Å². The number of benzene rings is 1. The number of nitrogens with one attached hydrogen (secondary N) is 2. The average molecular weight is 426 g/mol. The van der Waals surface area contributed by atoms with Crippen molar-refractivity contribution in [3.05, 3.63) is 64.7 Å². The van der Waals surface area contributed by atoms with E-state index in [1.165, 1.54) is 11.8 Å². The first-order chi connectivity index (χ1) is 14.5. The van der Waals surface area contributed by atoms with E-state index >= 15 is 0 Å². The Hall–Kier alpha value is -2.98. The van der Waals surface area contributed by atoms with Crippen molar-refractivity contribution in [2.45, 2.75) is 32.7 Å². The third-order valence-corrected chi connectivity index (χ3v) is 5.26. The molecule has 2 rings (SSSR count). The summed E-state index contributed by atoms with van der Waals surface area (Å²) in [5.41, 5.74) is 1.77. The molecule has 1 aromatic carbocycles. The Balaban J connectivity index is 2.04. The molecule has 1 aliphatic heterocycles. The van der Waals surface area contributed by atoms with E-state index in [0.29, 0.717) is 30.1 Å². The maximum atomic E-state index is 12.3. The predicted molar refractivity (Wildman–Crippen MR) is 121 cm³/mol. The monoisotopic (exact) mass is 425 g/mol. The lowest BCUT2D eigenvalue weighted by molar-refractivity contribution is -0.139. The summed E-state index contributed by atoms with van der Waals surface area (Å²) in [4.78, 5) is 23.8. The van der Waals surface area contributed by atoms with Crippen LogP contribution in [-0.4, -0.2) is 30.8 Å². The minimum Gasteiger partial charge on any atom is -0.464 e. The molecule has 0 radical (unpaired) electrons. The Labute approximate surface area is 182 Å². The predicted octanol–water partition coefficient (Wildman–Crippen LogP) is 4.40. The van der Waals surface area contributed by atoms with Gasteiger partial charge in [0.25, 0.3) is 5.91 Å². The van der Waals surface area contributed by atoms with Crippen molar-refractivity contribution in [2.24, 2.45) is 5.92 Å². The van der Waals surface area contributed by atoms with Gasteiger partial charge in [0.05, 0.1) is 17.2 Å². The number of amides is 1. The first kappa shape index (κ1) is 23.3. The van der Waals surface area contributed by atoms with Crippen molar-refractivity contribution in [3.8, 4) is 6.07 Å². The van der Waals surface area contributed by atoms with Crippen LogP contribution in [0.4, 0.5) is 5.69 Å². The topological polar surface area (TPSA) is 91.2 Å². The SMILES string of the molecule is C/C=C\C(C)C/C=C/C(C#N)=C(/Nc1ccc(C(=O)NC2CCOC2=O)cc1)SC. The van der Waals surface area contributed by atoms with Gasteiger partial charge >= 0.3 is 5.97 Å². The van der Waals surface area contributed by atoms with Gasteiger partial charge in [0.2, 0.25) is 0 Å². The molecule has 1 aromatic rings. The second-order valence-corrected chi connectivity index (χ2v) is 7.70. The van der Waals surface area contributed by atoms with Crippen molar-refractivity contribution in [1.82, 2.24) is 5.32 Å². The van der Waals surface area contributed by atoms with Crippen LogP contribution >= 0.6 is 11.8 Å².